The van der Waals surface area contributed by atoms with E-state index in [-0.39, 0.29) is 11.1 Å². The van der Waals surface area contributed by atoms with Gasteiger partial charge in [0.15, 0.2) is 0 Å². The fraction of sp³-hybridized carbons (Fsp3) is 0.0909. The summed E-state index contributed by atoms with van der Waals surface area (Å²) in [5.41, 5.74) is 2.64. The molecule has 1 aromatic carbocycles. The fourth-order valence-electron chi connectivity index (χ4n) is 3.39. The Morgan fingerprint density at radius 3 is 2.59 bits per heavy atom. The molecule has 3 aromatic heterocycles. The van der Waals surface area contributed by atoms with E-state index in [9.17, 15) is 9.59 Å². The van der Waals surface area contributed by atoms with Crippen molar-refractivity contribution in [1.29, 1.82) is 0 Å². The summed E-state index contributed by atoms with van der Waals surface area (Å²) in [6.07, 6.45) is 4.88. The molecule has 144 valence electrons. The molecule has 29 heavy (non-hydrogen) atoms. The summed E-state index contributed by atoms with van der Waals surface area (Å²) in [7, 11) is 1.30. The summed E-state index contributed by atoms with van der Waals surface area (Å²) in [5, 5.41) is 0.809. The number of fused-ring (bicyclic) bond motifs is 1. The number of methoxy groups -OCH3 is 1. The number of pyridine rings is 3. The molecule has 4 aromatic rings. The van der Waals surface area contributed by atoms with Crippen LogP contribution in [0.1, 0.15) is 16.1 Å². The van der Waals surface area contributed by atoms with Crippen LogP contribution in [0.4, 0.5) is 0 Å². The summed E-state index contributed by atoms with van der Waals surface area (Å²) in [4.78, 5) is 34.6. The van der Waals surface area contributed by atoms with Crippen molar-refractivity contribution in [2.24, 2.45) is 0 Å². The van der Waals surface area contributed by atoms with Crippen molar-refractivity contribution in [2.45, 2.75) is 6.92 Å². The molecule has 0 spiro atoms. The summed E-state index contributed by atoms with van der Waals surface area (Å²) < 4.78 is 6.48. The number of hydrogen-bond donors (Lipinski definition) is 0. The lowest BCUT2D eigenvalue weighted by molar-refractivity contribution is 0.0600. The van der Waals surface area contributed by atoms with E-state index in [2.05, 4.69) is 9.97 Å². The summed E-state index contributed by atoms with van der Waals surface area (Å²) in [6, 6.07) is 12.2. The highest BCUT2D eigenvalue weighted by Crippen LogP contribution is 2.33. The molecule has 0 aliphatic carbocycles. The number of carbonyl (C=O) groups is 1. The molecule has 0 bridgehead atoms. The van der Waals surface area contributed by atoms with Crippen molar-refractivity contribution in [3.05, 3.63) is 87.7 Å². The van der Waals surface area contributed by atoms with Crippen LogP contribution < -0.4 is 5.56 Å². The molecule has 0 atom stereocenters. The van der Waals surface area contributed by atoms with Gasteiger partial charge in [0, 0.05) is 29.2 Å². The molecule has 3 heterocycles. The molecular formula is C22H16ClN3O3. The zero-order chi connectivity index (χ0) is 20.5. The van der Waals surface area contributed by atoms with Crippen LogP contribution >= 0.6 is 11.6 Å². The van der Waals surface area contributed by atoms with Crippen molar-refractivity contribution in [1.82, 2.24) is 14.5 Å². The Kier molecular flexibility index (Phi) is 4.86. The number of carbonyl (C=O) groups excluding carboxylic acids is 1. The van der Waals surface area contributed by atoms with Crippen LogP contribution in [-0.2, 0) is 4.74 Å². The van der Waals surface area contributed by atoms with Gasteiger partial charge in [0.2, 0.25) is 0 Å². The minimum Gasteiger partial charge on any atom is -0.465 e. The Labute approximate surface area is 171 Å². The molecule has 6 nitrogen and oxygen atoms in total. The number of esters is 1. The van der Waals surface area contributed by atoms with E-state index in [1.54, 1.807) is 68.0 Å². The van der Waals surface area contributed by atoms with Gasteiger partial charge in [0.25, 0.3) is 5.56 Å². The predicted molar refractivity (Wildman–Crippen MR) is 112 cm³/mol. The largest absolute Gasteiger partial charge is 0.465 e. The van der Waals surface area contributed by atoms with Crippen molar-refractivity contribution in [2.75, 3.05) is 7.11 Å². The molecule has 0 aliphatic rings. The Hall–Kier alpha value is -3.51. The first-order chi connectivity index (χ1) is 14.0. The van der Waals surface area contributed by atoms with Crippen LogP contribution in [0.25, 0.3) is 27.7 Å². The molecule has 0 N–H and O–H groups in total. The van der Waals surface area contributed by atoms with Gasteiger partial charge in [-0.05, 0) is 42.8 Å². The molecule has 4 rings (SSSR count). The monoisotopic (exact) mass is 405 g/mol. The number of halogens is 1. The van der Waals surface area contributed by atoms with Crippen LogP contribution in [0.15, 0.2) is 65.8 Å². The van der Waals surface area contributed by atoms with Gasteiger partial charge in [-0.25, -0.2) is 4.79 Å². The second-order valence-electron chi connectivity index (χ2n) is 6.41. The highest BCUT2D eigenvalue weighted by molar-refractivity contribution is 6.31. The highest BCUT2D eigenvalue weighted by atomic mass is 35.5. The van der Waals surface area contributed by atoms with Gasteiger partial charge >= 0.3 is 5.97 Å². The molecule has 0 radical (unpaired) electrons. The lowest BCUT2D eigenvalue weighted by atomic mass is 9.95. The average Bonchev–Trinajstić information content (AvgIpc) is 2.73. The molecule has 0 unspecified atom stereocenters. The predicted octanol–water partition coefficient (Wildman–Crippen LogP) is 4.20. The third-order valence-corrected chi connectivity index (χ3v) is 4.90. The van der Waals surface area contributed by atoms with Gasteiger partial charge in [0.05, 0.1) is 35.0 Å². The maximum atomic E-state index is 13.5. The van der Waals surface area contributed by atoms with E-state index >= 15 is 0 Å². The number of benzene rings is 1. The Morgan fingerprint density at radius 2 is 1.90 bits per heavy atom. The third-order valence-electron chi connectivity index (χ3n) is 4.66. The summed E-state index contributed by atoms with van der Waals surface area (Å²) in [6.45, 7) is 1.72. The second-order valence-corrected chi connectivity index (χ2v) is 6.84. The van der Waals surface area contributed by atoms with Gasteiger partial charge in [-0.15, -0.1) is 0 Å². The zero-order valence-electron chi connectivity index (χ0n) is 15.7. The zero-order valence-corrected chi connectivity index (χ0v) is 16.5. The topological polar surface area (TPSA) is 74.1 Å². The first kappa shape index (κ1) is 18.8. The fourth-order valence-corrected chi connectivity index (χ4v) is 3.58. The number of aromatic nitrogens is 3. The normalized spacial score (nSPS) is 10.9. The number of ether oxygens (including phenoxy) is 1. The number of nitrogens with zero attached hydrogens (tertiary/aromatic N) is 3. The second kappa shape index (κ2) is 7.48. The van der Waals surface area contributed by atoms with Crippen molar-refractivity contribution in [3.63, 3.8) is 0 Å². The van der Waals surface area contributed by atoms with Crippen LogP contribution in [0, 0.1) is 6.92 Å². The third kappa shape index (κ3) is 3.28. The highest BCUT2D eigenvalue weighted by Gasteiger charge is 2.23. The lowest BCUT2D eigenvalue weighted by Crippen LogP contribution is -2.20. The number of hydrogen-bond acceptors (Lipinski definition) is 5. The van der Waals surface area contributed by atoms with Gasteiger partial charge in [-0.3, -0.25) is 19.3 Å². The molecular weight excluding hydrogens is 390 g/mol. The van der Waals surface area contributed by atoms with Crippen molar-refractivity contribution in [3.8, 4) is 16.8 Å². The van der Waals surface area contributed by atoms with Crippen molar-refractivity contribution < 1.29 is 9.53 Å². The van der Waals surface area contributed by atoms with E-state index in [4.69, 9.17) is 16.3 Å². The Morgan fingerprint density at radius 1 is 1.14 bits per heavy atom. The maximum absolute atomic E-state index is 13.5. The first-order valence-corrected chi connectivity index (χ1v) is 9.19. The molecule has 0 aliphatic heterocycles. The SMILES string of the molecule is COC(=O)c1c(C)nc2ccn(-c3ccncc3)c(=O)c2c1-c1cccc(Cl)c1. The number of rotatable bonds is 3. The molecule has 0 saturated carbocycles. The van der Waals surface area contributed by atoms with Gasteiger partial charge < -0.3 is 4.74 Å². The smallest absolute Gasteiger partial charge is 0.340 e. The van der Waals surface area contributed by atoms with Crippen LogP contribution in [0.2, 0.25) is 5.02 Å². The van der Waals surface area contributed by atoms with E-state index in [0.29, 0.717) is 38.4 Å². The van der Waals surface area contributed by atoms with E-state index < -0.39 is 5.97 Å². The summed E-state index contributed by atoms with van der Waals surface area (Å²) in [5.74, 6) is -0.564. The van der Waals surface area contributed by atoms with E-state index in [1.807, 2.05) is 0 Å². The average molecular weight is 406 g/mol. The minimum absolute atomic E-state index is 0.242. The van der Waals surface area contributed by atoms with Crippen LogP contribution in [0.5, 0.6) is 0 Å². The standard InChI is InChI=1S/C22H16ClN3O3/c1-13-18(22(28)29-2)19(14-4-3-5-15(23)12-14)20-17(25-13)8-11-26(21(20)27)16-6-9-24-10-7-16/h3-12H,1-2H3. The van der Waals surface area contributed by atoms with E-state index in [0.717, 1.165) is 0 Å². The lowest BCUT2D eigenvalue weighted by Gasteiger charge is -2.15. The quantitative estimate of drug-likeness (QED) is 0.477. The van der Waals surface area contributed by atoms with Gasteiger partial charge in [-0.1, -0.05) is 23.7 Å². The molecule has 0 saturated heterocycles. The molecule has 0 amide bonds. The maximum Gasteiger partial charge on any atom is 0.340 e. The Bertz CT molecular complexity index is 1300. The summed E-state index contributed by atoms with van der Waals surface area (Å²) >= 11 is 6.20. The number of aryl methyl sites for hydroxylation is 1. The molecule has 0 fully saturated rings. The van der Waals surface area contributed by atoms with Gasteiger partial charge in [-0.2, -0.15) is 0 Å². The van der Waals surface area contributed by atoms with E-state index in [1.165, 1.54) is 11.7 Å². The van der Waals surface area contributed by atoms with Crippen LogP contribution in [0.3, 0.4) is 0 Å². The minimum atomic E-state index is -0.564. The molecule has 7 heteroatoms. The first-order valence-electron chi connectivity index (χ1n) is 8.82. The van der Waals surface area contributed by atoms with Crippen LogP contribution in [-0.4, -0.2) is 27.6 Å². The Balaban J connectivity index is 2.18. The van der Waals surface area contributed by atoms with Gasteiger partial charge in [0.1, 0.15) is 0 Å². The van der Waals surface area contributed by atoms with Crippen molar-refractivity contribution >= 4 is 28.5 Å².